The van der Waals surface area contributed by atoms with Gasteiger partial charge in [-0.2, -0.15) is 13.2 Å². The van der Waals surface area contributed by atoms with E-state index in [0.717, 1.165) is 24.3 Å². The van der Waals surface area contributed by atoms with Crippen LogP contribution in [0.5, 0.6) is 0 Å². The molecule has 0 radical (unpaired) electrons. The Bertz CT molecular complexity index is 495. The molecule has 1 rings (SSSR count). The first-order valence-corrected chi connectivity index (χ1v) is 5.42. The van der Waals surface area contributed by atoms with Crippen molar-refractivity contribution in [3.8, 4) is 0 Å². The van der Waals surface area contributed by atoms with Crippen LogP contribution in [0.4, 0.5) is 13.2 Å². The molecule has 0 saturated carbocycles. The van der Waals surface area contributed by atoms with E-state index >= 15 is 0 Å². The van der Waals surface area contributed by atoms with E-state index in [1.165, 1.54) is 0 Å². The molecule has 0 aliphatic heterocycles. The highest BCUT2D eigenvalue weighted by Gasteiger charge is 2.39. The normalized spacial score (nSPS) is 14.7. The van der Waals surface area contributed by atoms with Gasteiger partial charge in [0.1, 0.15) is 6.10 Å². The number of hydrogen-bond acceptors (Lipinski definition) is 4. The molecule has 0 fully saturated rings. The van der Waals surface area contributed by atoms with Gasteiger partial charge in [-0.3, -0.25) is 9.59 Å². The second-order valence-corrected chi connectivity index (χ2v) is 4.06. The zero-order valence-corrected chi connectivity index (χ0v) is 9.96. The number of aliphatic hydroxyl groups is 2. The summed E-state index contributed by atoms with van der Waals surface area (Å²) in [5.41, 5.74) is -0.598. The van der Waals surface area contributed by atoms with Crippen molar-refractivity contribution in [3.63, 3.8) is 0 Å². The SMILES string of the molecule is O=C(O)CC(O)C(O)c1ccc(C(=O)C(F)(F)F)cc1. The number of aliphatic hydroxyl groups excluding tert-OH is 2. The van der Waals surface area contributed by atoms with Crippen molar-refractivity contribution in [3.05, 3.63) is 35.4 Å². The van der Waals surface area contributed by atoms with Gasteiger partial charge in [-0.05, 0) is 5.56 Å². The number of benzene rings is 1. The van der Waals surface area contributed by atoms with Crippen molar-refractivity contribution in [2.24, 2.45) is 0 Å². The van der Waals surface area contributed by atoms with Crippen LogP contribution in [0.15, 0.2) is 24.3 Å². The maximum absolute atomic E-state index is 12.2. The number of carbonyl (C=O) groups is 2. The molecule has 0 spiro atoms. The van der Waals surface area contributed by atoms with Gasteiger partial charge in [-0.1, -0.05) is 24.3 Å². The van der Waals surface area contributed by atoms with E-state index in [1.807, 2.05) is 0 Å². The molecular weight excluding hydrogens is 281 g/mol. The molecule has 110 valence electrons. The van der Waals surface area contributed by atoms with Crippen molar-refractivity contribution in [1.82, 2.24) is 0 Å². The molecule has 2 unspecified atom stereocenters. The van der Waals surface area contributed by atoms with Gasteiger partial charge in [0.15, 0.2) is 0 Å². The van der Waals surface area contributed by atoms with Crippen molar-refractivity contribution in [2.45, 2.75) is 24.8 Å². The third-order valence-electron chi connectivity index (χ3n) is 2.52. The number of carbonyl (C=O) groups excluding carboxylic acids is 1. The highest BCUT2D eigenvalue weighted by molar-refractivity contribution is 6.00. The second-order valence-electron chi connectivity index (χ2n) is 4.06. The van der Waals surface area contributed by atoms with Crippen LogP contribution >= 0.6 is 0 Å². The number of ketones is 1. The molecule has 0 aromatic heterocycles. The van der Waals surface area contributed by atoms with Gasteiger partial charge in [-0.15, -0.1) is 0 Å². The van der Waals surface area contributed by atoms with Crippen LogP contribution in [0.3, 0.4) is 0 Å². The predicted octanol–water partition coefficient (Wildman–Crippen LogP) is 1.30. The lowest BCUT2D eigenvalue weighted by Crippen LogP contribution is -2.23. The van der Waals surface area contributed by atoms with Gasteiger partial charge in [0.05, 0.1) is 12.5 Å². The first kappa shape index (κ1) is 16.1. The number of rotatable bonds is 5. The van der Waals surface area contributed by atoms with Gasteiger partial charge >= 0.3 is 12.1 Å². The Hall–Kier alpha value is -1.93. The van der Waals surface area contributed by atoms with Gasteiger partial charge in [0, 0.05) is 5.56 Å². The first-order chi connectivity index (χ1) is 9.12. The van der Waals surface area contributed by atoms with E-state index in [2.05, 4.69) is 0 Å². The van der Waals surface area contributed by atoms with E-state index in [1.54, 1.807) is 0 Å². The van der Waals surface area contributed by atoms with Crippen molar-refractivity contribution < 1.29 is 38.1 Å². The molecule has 0 aliphatic rings. The van der Waals surface area contributed by atoms with Crippen molar-refractivity contribution >= 4 is 11.8 Å². The summed E-state index contributed by atoms with van der Waals surface area (Å²) in [5, 5.41) is 27.4. The van der Waals surface area contributed by atoms with Crippen molar-refractivity contribution in [2.75, 3.05) is 0 Å². The van der Waals surface area contributed by atoms with Crippen LogP contribution in [0.1, 0.15) is 28.4 Å². The molecule has 0 amide bonds. The Morgan fingerprint density at radius 2 is 1.60 bits per heavy atom. The summed E-state index contributed by atoms with van der Waals surface area (Å²) in [6, 6.07) is 3.74. The average Bonchev–Trinajstić information content (AvgIpc) is 2.35. The molecule has 8 heteroatoms. The molecule has 0 bridgehead atoms. The van der Waals surface area contributed by atoms with Gasteiger partial charge in [0.25, 0.3) is 5.78 Å². The van der Waals surface area contributed by atoms with Crippen molar-refractivity contribution in [1.29, 1.82) is 0 Å². The lowest BCUT2D eigenvalue weighted by Gasteiger charge is -2.16. The summed E-state index contributed by atoms with van der Waals surface area (Å²) < 4.78 is 36.5. The smallest absolute Gasteiger partial charge is 0.454 e. The third-order valence-corrected chi connectivity index (χ3v) is 2.52. The number of carboxylic acids is 1. The van der Waals surface area contributed by atoms with Crippen LogP contribution in [-0.4, -0.2) is 39.4 Å². The monoisotopic (exact) mass is 292 g/mol. The van der Waals surface area contributed by atoms with Crippen LogP contribution < -0.4 is 0 Å². The molecular formula is C12H11F3O5. The lowest BCUT2D eigenvalue weighted by molar-refractivity contribution is -0.141. The Balaban J connectivity index is 2.86. The van der Waals surface area contributed by atoms with E-state index in [9.17, 15) is 33.0 Å². The quantitative estimate of drug-likeness (QED) is 0.711. The predicted molar refractivity (Wildman–Crippen MR) is 60.0 cm³/mol. The largest absolute Gasteiger partial charge is 0.481 e. The number of halogens is 3. The van der Waals surface area contributed by atoms with Gasteiger partial charge < -0.3 is 15.3 Å². The van der Waals surface area contributed by atoms with Gasteiger partial charge in [-0.25, -0.2) is 0 Å². The molecule has 0 aliphatic carbocycles. The Kier molecular flexibility index (Phi) is 4.85. The zero-order valence-electron chi connectivity index (χ0n) is 9.96. The zero-order chi connectivity index (χ0) is 15.5. The minimum atomic E-state index is -5.00. The molecule has 2 atom stereocenters. The summed E-state index contributed by atoms with van der Waals surface area (Å²) >= 11 is 0. The molecule has 1 aromatic rings. The summed E-state index contributed by atoms with van der Waals surface area (Å²) in [5.74, 6) is -3.36. The lowest BCUT2D eigenvalue weighted by atomic mass is 10.00. The van der Waals surface area contributed by atoms with E-state index in [-0.39, 0.29) is 5.56 Å². The minimum Gasteiger partial charge on any atom is -0.481 e. The van der Waals surface area contributed by atoms with E-state index in [4.69, 9.17) is 5.11 Å². The standard InChI is InChI=1S/C12H11F3O5/c13-12(14,15)11(20)7-3-1-6(2-4-7)10(19)8(16)5-9(17)18/h1-4,8,10,16,19H,5H2,(H,17,18). The fourth-order valence-corrected chi connectivity index (χ4v) is 1.51. The molecule has 0 heterocycles. The maximum atomic E-state index is 12.2. The Morgan fingerprint density at radius 1 is 1.10 bits per heavy atom. The highest BCUT2D eigenvalue weighted by atomic mass is 19.4. The summed E-state index contributed by atoms with van der Waals surface area (Å²) in [6.45, 7) is 0. The van der Waals surface area contributed by atoms with E-state index < -0.39 is 42.1 Å². The number of alkyl halides is 3. The van der Waals surface area contributed by atoms with Gasteiger partial charge in [0.2, 0.25) is 0 Å². The fourth-order valence-electron chi connectivity index (χ4n) is 1.51. The topological polar surface area (TPSA) is 94.8 Å². The van der Waals surface area contributed by atoms with Crippen LogP contribution in [0, 0.1) is 0 Å². The molecule has 0 saturated heterocycles. The minimum absolute atomic E-state index is 0.0116. The maximum Gasteiger partial charge on any atom is 0.454 e. The van der Waals surface area contributed by atoms with Crippen LogP contribution in [0.25, 0.3) is 0 Å². The number of aliphatic carboxylic acids is 1. The molecule has 20 heavy (non-hydrogen) atoms. The highest BCUT2D eigenvalue weighted by Crippen LogP contribution is 2.24. The number of carboxylic acid groups (broad SMARTS) is 1. The second kappa shape index (κ2) is 6.02. The molecule has 5 nitrogen and oxygen atoms in total. The first-order valence-electron chi connectivity index (χ1n) is 5.42. The Morgan fingerprint density at radius 3 is 2.00 bits per heavy atom. The number of Topliss-reactive ketones (excluding diaryl/α,β-unsaturated/α-hetero) is 1. The average molecular weight is 292 g/mol. The van der Waals surface area contributed by atoms with Crippen LogP contribution in [0.2, 0.25) is 0 Å². The summed E-state index contributed by atoms with van der Waals surface area (Å²) in [4.78, 5) is 21.3. The molecule has 1 aromatic carbocycles. The third kappa shape index (κ3) is 4.04. The molecule has 3 N–H and O–H groups in total. The number of hydrogen-bond donors (Lipinski definition) is 3. The summed E-state index contributed by atoms with van der Waals surface area (Å²) in [7, 11) is 0. The fraction of sp³-hybridized carbons (Fsp3) is 0.333. The Labute approximate surface area is 111 Å². The van der Waals surface area contributed by atoms with E-state index in [0.29, 0.717) is 0 Å². The van der Waals surface area contributed by atoms with Crippen LogP contribution in [-0.2, 0) is 4.79 Å². The summed E-state index contributed by atoms with van der Waals surface area (Å²) in [6.07, 6.45) is -8.88.